The Morgan fingerprint density at radius 1 is 1.47 bits per heavy atom. The van der Waals surface area contributed by atoms with E-state index in [1.165, 1.54) is 19.5 Å². The number of rotatable bonds is 8. The Morgan fingerprint density at radius 2 is 2.21 bits per heavy atom. The molecule has 1 saturated heterocycles. The second-order valence-corrected chi connectivity index (χ2v) is 5.95. The zero-order chi connectivity index (χ0) is 14.3. The number of unbranched alkanes of at least 4 members (excludes halogenated alkanes) is 1. The zero-order valence-electron chi connectivity index (χ0n) is 13.0. The highest BCUT2D eigenvalue weighted by atomic mass is 16.5. The van der Waals surface area contributed by atoms with Gasteiger partial charge in [-0.15, -0.1) is 0 Å². The first-order valence-corrected chi connectivity index (χ1v) is 7.60. The highest BCUT2D eigenvalue weighted by molar-refractivity contribution is 5.80. The van der Waals surface area contributed by atoms with Crippen LogP contribution in [-0.2, 0) is 9.53 Å². The molecule has 1 N–H and O–H groups in total. The summed E-state index contributed by atoms with van der Waals surface area (Å²) >= 11 is 0. The Kier molecular flexibility index (Phi) is 6.80. The number of nitrogens with one attached hydrogen (secondary N) is 1. The lowest BCUT2D eigenvalue weighted by Crippen LogP contribution is -2.48. The molecule has 0 aromatic rings. The summed E-state index contributed by atoms with van der Waals surface area (Å²) in [7, 11) is 1.83. The van der Waals surface area contributed by atoms with Gasteiger partial charge in [0.25, 0.3) is 0 Å². The fourth-order valence-electron chi connectivity index (χ4n) is 2.66. The van der Waals surface area contributed by atoms with Crippen LogP contribution in [0.4, 0.5) is 0 Å². The molecule has 1 fully saturated rings. The van der Waals surface area contributed by atoms with Crippen LogP contribution in [0.15, 0.2) is 0 Å². The topological polar surface area (TPSA) is 41.6 Å². The molecular weight excluding hydrogens is 240 g/mol. The van der Waals surface area contributed by atoms with E-state index in [9.17, 15) is 4.79 Å². The average molecular weight is 270 g/mol. The number of nitrogens with zero attached hydrogens (tertiary/aromatic N) is 1. The quantitative estimate of drug-likeness (QED) is 0.541. The monoisotopic (exact) mass is 270 g/mol. The second-order valence-electron chi connectivity index (χ2n) is 5.95. The van der Waals surface area contributed by atoms with Gasteiger partial charge in [0.15, 0.2) is 0 Å². The van der Waals surface area contributed by atoms with E-state index < -0.39 is 5.54 Å². The second kappa shape index (κ2) is 7.85. The summed E-state index contributed by atoms with van der Waals surface area (Å²) in [5.74, 6) is 0.717. The Morgan fingerprint density at radius 3 is 2.74 bits per heavy atom. The molecule has 4 nitrogen and oxygen atoms in total. The highest BCUT2D eigenvalue weighted by Crippen LogP contribution is 2.18. The molecule has 1 aliphatic heterocycles. The van der Waals surface area contributed by atoms with Crippen LogP contribution >= 0.6 is 0 Å². The zero-order valence-corrected chi connectivity index (χ0v) is 13.0. The fourth-order valence-corrected chi connectivity index (χ4v) is 2.66. The molecule has 1 aliphatic rings. The van der Waals surface area contributed by atoms with E-state index in [1.54, 1.807) is 0 Å². The minimum absolute atomic E-state index is 0.132. The van der Waals surface area contributed by atoms with Crippen molar-refractivity contribution in [2.75, 3.05) is 33.3 Å². The normalized spacial score (nSPS) is 23.3. The van der Waals surface area contributed by atoms with Crippen molar-refractivity contribution >= 4 is 5.97 Å². The van der Waals surface area contributed by atoms with Gasteiger partial charge in [-0.05, 0) is 65.6 Å². The molecule has 0 amide bonds. The van der Waals surface area contributed by atoms with Gasteiger partial charge in [-0.3, -0.25) is 4.79 Å². The van der Waals surface area contributed by atoms with Crippen LogP contribution in [0.3, 0.4) is 0 Å². The molecule has 0 saturated carbocycles. The molecule has 112 valence electrons. The lowest BCUT2D eigenvalue weighted by molar-refractivity contribution is -0.150. The largest absolute Gasteiger partial charge is 0.465 e. The molecule has 2 unspecified atom stereocenters. The number of hydrogen-bond donors (Lipinski definition) is 1. The van der Waals surface area contributed by atoms with Crippen LogP contribution in [0.5, 0.6) is 0 Å². The Balaban J connectivity index is 2.23. The van der Waals surface area contributed by atoms with Crippen molar-refractivity contribution < 1.29 is 9.53 Å². The number of carbonyl (C=O) groups excluding carboxylic acids is 1. The predicted octanol–water partition coefficient (Wildman–Crippen LogP) is 2.04. The van der Waals surface area contributed by atoms with Gasteiger partial charge in [-0.1, -0.05) is 6.92 Å². The van der Waals surface area contributed by atoms with Crippen molar-refractivity contribution in [2.24, 2.45) is 5.92 Å². The summed E-state index contributed by atoms with van der Waals surface area (Å²) in [4.78, 5) is 14.4. The van der Waals surface area contributed by atoms with Crippen LogP contribution in [0.1, 0.15) is 46.5 Å². The minimum atomic E-state index is -0.533. The third-order valence-corrected chi connectivity index (χ3v) is 4.19. The van der Waals surface area contributed by atoms with Crippen LogP contribution in [0.2, 0.25) is 0 Å². The van der Waals surface area contributed by atoms with E-state index in [0.29, 0.717) is 6.61 Å². The van der Waals surface area contributed by atoms with Crippen molar-refractivity contribution in [1.82, 2.24) is 10.2 Å². The molecular formula is C15H30N2O2. The number of esters is 1. The molecule has 1 rings (SSSR count). The average Bonchev–Trinajstić information content (AvgIpc) is 2.80. The summed E-state index contributed by atoms with van der Waals surface area (Å²) in [5, 5.41) is 3.11. The molecule has 1 heterocycles. The van der Waals surface area contributed by atoms with Crippen LogP contribution < -0.4 is 5.32 Å². The van der Waals surface area contributed by atoms with Gasteiger partial charge >= 0.3 is 5.97 Å². The van der Waals surface area contributed by atoms with Gasteiger partial charge in [0.05, 0.1) is 6.61 Å². The third kappa shape index (κ3) is 5.11. The number of carbonyl (C=O) groups is 1. The lowest BCUT2D eigenvalue weighted by Gasteiger charge is -2.27. The SMILES string of the molecule is CCOC(=O)C(C)(CCCCN1CCC(C)C1)NC. The number of hydrogen-bond acceptors (Lipinski definition) is 4. The maximum absolute atomic E-state index is 11.9. The van der Waals surface area contributed by atoms with E-state index in [2.05, 4.69) is 17.1 Å². The van der Waals surface area contributed by atoms with E-state index in [1.807, 2.05) is 20.9 Å². The number of ether oxygens (including phenoxy) is 1. The van der Waals surface area contributed by atoms with Crippen molar-refractivity contribution in [3.8, 4) is 0 Å². The third-order valence-electron chi connectivity index (χ3n) is 4.19. The van der Waals surface area contributed by atoms with E-state index in [4.69, 9.17) is 4.74 Å². The maximum Gasteiger partial charge on any atom is 0.326 e. The molecule has 0 aliphatic carbocycles. The van der Waals surface area contributed by atoms with Gasteiger partial charge in [0, 0.05) is 6.54 Å². The van der Waals surface area contributed by atoms with Gasteiger partial charge in [0.1, 0.15) is 5.54 Å². The summed E-state index contributed by atoms with van der Waals surface area (Å²) < 4.78 is 5.13. The molecule has 2 atom stereocenters. The van der Waals surface area contributed by atoms with Gasteiger partial charge in [-0.2, -0.15) is 0 Å². The first-order valence-electron chi connectivity index (χ1n) is 7.60. The first-order chi connectivity index (χ1) is 9.01. The summed E-state index contributed by atoms with van der Waals surface area (Å²) in [6, 6.07) is 0. The fraction of sp³-hybridized carbons (Fsp3) is 0.933. The first kappa shape index (κ1) is 16.4. The Labute approximate surface area is 117 Å². The van der Waals surface area contributed by atoms with Crippen molar-refractivity contribution in [1.29, 1.82) is 0 Å². The number of likely N-dealkylation sites (tertiary alicyclic amines) is 1. The molecule has 0 aromatic heterocycles. The van der Waals surface area contributed by atoms with Crippen molar-refractivity contribution in [2.45, 2.75) is 52.0 Å². The van der Waals surface area contributed by atoms with Gasteiger partial charge in [-0.25, -0.2) is 0 Å². The van der Waals surface area contributed by atoms with E-state index in [0.717, 1.165) is 31.7 Å². The molecule has 4 heteroatoms. The molecule has 0 aromatic carbocycles. The van der Waals surface area contributed by atoms with Crippen molar-refractivity contribution in [3.63, 3.8) is 0 Å². The molecule has 0 bridgehead atoms. The van der Waals surface area contributed by atoms with E-state index >= 15 is 0 Å². The Bertz CT molecular complexity index is 283. The molecule has 19 heavy (non-hydrogen) atoms. The summed E-state index contributed by atoms with van der Waals surface area (Å²) in [6.45, 7) is 10.2. The maximum atomic E-state index is 11.9. The summed E-state index contributed by atoms with van der Waals surface area (Å²) in [5.41, 5.74) is -0.533. The van der Waals surface area contributed by atoms with E-state index in [-0.39, 0.29) is 5.97 Å². The standard InChI is InChI=1S/C15H30N2O2/c1-5-19-14(18)15(3,16-4)9-6-7-10-17-11-8-13(2)12-17/h13,16H,5-12H2,1-4H3. The Hall–Kier alpha value is -0.610. The lowest BCUT2D eigenvalue weighted by atomic mass is 9.95. The summed E-state index contributed by atoms with van der Waals surface area (Å²) in [6.07, 6.45) is 4.38. The van der Waals surface area contributed by atoms with Gasteiger partial charge < -0.3 is 15.0 Å². The number of likely N-dealkylation sites (N-methyl/N-ethyl adjacent to an activating group) is 1. The smallest absolute Gasteiger partial charge is 0.326 e. The van der Waals surface area contributed by atoms with Crippen molar-refractivity contribution in [3.05, 3.63) is 0 Å². The van der Waals surface area contributed by atoms with Crippen LogP contribution in [0.25, 0.3) is 0 Å². The predicted molar refractivity (Wildman–Crippen MR) is 78.2 cm³/mol. The van der Waals surface area contributed by atoms with Gasteiger partial charge in [0.2, 0.25) is 0 Å². The highest BCUT2D eigenvalue weighted by Gasteiger charge is 2.32. The minimum Gasteiger partial charge on any atom is -0.465 e. The van der Waals surface area contributed by atoms with Crippen LogP contribution in [0, 0.1) is 5.92 Å². The molecule has 0 spiro atoms. The molecule has 0 radical (unpaired) electrons. The van der Waals surface area contributed by atoms with Crippen LogP contribution in [-0.4, -0.2) is 49.7 Å².